The largest absolute Gasteiger partial charge is 0.0895 e. The van der Waals surface area contributed by atoms with Crippen molar-refractivity contribution in [1.82, 2.24) is 0 Å². The van der Waals surface area contributed by atoms with E-state index >= 15 is 0 Å². The van der Waals surface area contributed by atoms with Gasteiger partial charge in [-0.3, -0.25) is 0 Å². The van der Waals surface area contributed by atoms with Crippen molar-refractivity contribution in [3.63, 3.8) is 0 Å². The minimum absolute atomic E-state index is 1.10. The zero-order chi connectivity index (χ0) is 13.1. The van der Waals surface area contributed by atoms with Gasteiger partial charge < -0.3 is 0 Å². The van der Waals surface area contributed by atoms with Gasteiger partial charge in [-0.2, -0.15) is 0 Å². The molecule has 0 unspecified atom stereocenters. The Kier molecular flexibility index (Phi) is 4.13. The SMILES string of the molecule is CCc1cccc(Sc2c(C)cc(C)cc2C)c1. The lowest BCUT2D eigenvalue weighted by Crippen LogP contribution is -1.88. The molecule has 0 aliphatic rings. The molecule has 0 saturated heterocycles. The Hall–Kier alpha value is -1.21. The summed E-state index contributed by atoms with van der Waals surface area (Å²) < 4.78 is 0. The maximum Gasteiger partial charge on any atom is 0.0181 e. The summed E-state index contributed by atoms with van der Waals surface area (Å²) >= 11 is 1.88. The van der Waals surface area contributed by atoms with Crippen molar-refractivity contribution in [2.45, 2.75) is 43.9 Å². The molecule has 0 spiro atoms. The summed E-state index contributed by atoms with van der Waals surface area (Å²) in [6, 6.07) is 13.4. The van der Waals surface area contributed by atoms with E-state index in [-0.39, 0.29) is 0 Å². The van der Waals surface area contributed by atoms with Crippen LogP contribution in [0.3, 0.4) is 0 Å². The molecule has 94 valence electrons. The van der Waals surface area contributed by atoms with Crippen molar-refractivity contribution in [2.75, 3.05) is 0 Å². The Morgan fingerprint density at radius 2 is 1.61 bits per heavy atom. The summed E-state index contributed by atoms with van der Waals surface area (Å²) in [5.74, 6) is 0. The summed E-state index contributed by atoms with van der Waals surface area (Å²) in [7, 11) is 0. The minimum atomic E-state index is 1.10. The first-order chi connectivity index (χ1) is 8.60. The van der Waals surface area contributed by atoms with Crippen molar-refractivity contribution in [1.29, 1.82) is 0 Å². The van der Waals surface area contributed by atoms with E-state index < -0.39 is 0 Å². The van der Waals surface area contributed by atoms with Crippen LogP contribution in [0, 0.1) is 20.8 Å². The maximum atomic E-state index is 2.30. The van der Waals surface area contributed by atoms with E-state index in [1.807, 2.05) is 11.8 Å². The Balaban J connectivity index is 2.33. The zero-order valence-electron chi connectivity index (χ0n) is 11.6. The molecule has 2 aromatic rings. The molecule has 2 aromatic carbocycles. The van der Waals surface area contributed by atoms with Crippen LogP contribution >= 0.6 is 11.8 Å². The van der Waals surface area contributed by atoms with Crippen molar-refractivity contribution in [3.8, 4) is 0 Å². The first-order valence-electron chi connectivity index (χ1n) is 6.44. The Morgan fingerprint density at radius 3 is 2.22 bits per heavy atom. The minimum Gasteiger partial charge on any atom is -0.0895 e. The van der Waals surface area contributed by atoms with Crippen LogP contribution in [0.25, 0.3) is 0 Å². The van der Waals surface area contributed by atoms with Gasteiger partial charge in [-0.05, 0) is 56.0 Å². The van der Waals surface area contributed by atoms with Gasteiger partial charge in [0, 0.05) is 9.79 Å². The fraction of sp³-hybridized carbons (Fsp3) is 0.294. The van der Waals surface area contributed by atoms with Gasteiger partial charge in [-0.15, -0.1) is 0 Å². The summed E-state index contributed by atoms with van der Waals surface area (Å²) in [5, 5.41) is 0. The number of hydrogen-bond acceptors (Lipinski definition) is 1. The molecule has 0 radical (unpaired) electrons. The summed E-state index contributed by atoms with van der Waals surface area (Å²) in [5.41, 5.74) is 5.50. The van der Waals surface area contributed by atoms with Gasteiger partial charge in [0.25, 0.3) is 0 Å². The summed E-state index contributed by atoms with van der Waals surface area (Å²) in [6.45, 7) is 8.76. The van der Waals surface area contributed by atoms with Crippen molar-refractivity contribution in [3.05, 3.63) is 58.7 Å². The van der Waals surface area contributed by atoms with Crippen LogP contribution in [0.1, 0.15) is 29.2 Å². The van der Waals surface area contributed by atoms with Gasteiger partial charge in [0.05, 0.1) is 0 Å². The van der Waals surface area contributed by atoms with E-state index in [1.165, 1.54) is 32.0 Å². The lowest BCUT2D eigenvalue weighted by molar-refractivity contribution is 1.12. The predicted molar refractivity (Wildman–Crippen MR) is 80.6 cm³/mol. The van der Waals surface area contributed by atoms with Gasteiger partial charge >= 0.3 is 0 Å². The fourth-order valence-electron chi connectivity index (χ4n) is 2.27. The van der Waals surface area contributed by atoms with Crippen LogP contribution in [-0.2, 0) is 6.42 Å². The Labute approximate surface area is 114 Å². The second-order valence-electron chi connectivity index (χ2n) is 4.83. The van der Waals surface area contributed by atoms with Gasteiger partial charge in [0.1, 0.15) is 0 Å². The third kappa shape index (κ3) is 2.97. The van der Waals surface area contributed by atoms with E-state index in [1.54, 1.807) is 0 Å². The highest BCUT2D eigenvalue weighted by Crippen LogP contribution is 2.34. The van der Waals surface area contributed by atoms with E-state index in [2.05, 4.69) is 64.1 Å². The van der Waals surface area contributed by atoms with Gasteiger partial charge in [-0.25, -0.2) is 0 Å². The number of benzene rings is 2. The molecule has 2 rings (SSSR count). The van der Waals surface area contributed by atoms with Crippen LogP contribution in [-0.4, -0.2) is 0 Å². The molecule has 0 nitrogen and oxygen atoms in total. The molecular weight excluding hydrogens is 236 g/mol. The fourth-order valence-corrected chi connectivity index (χ4v) is 3.31. The van der Waals surface area contributed by atoms with E-state index in [9.17, 15) is 0 Å². The quantitative estimate of drug-likeness (QED) is 0.715. The van der Waals surface area contributed by atoms with E-state index in [0.717, 1.165) is 6.42 Å². The molecule has 0 N–H and O–H groups in total. The standard InChI is InChI=1S/C17H20S/c1-5-15-7-6-8-16(11-15)18-17-13(3)9-12(2)10-14(17)4/h6-11H,5H2,1-4H3. The van der Waals surface area contributed by atoms with Crippen LogP contribution in [0.4, 0.5) is 0 Å². The van der Waals surface area contributed by atoms with Crippen molar-refractivity contribution < 1.29 is 0 Å². The molecule has 1 heteroatoms. The smallest absolute Gasteiger partial charge is 0.0181 e. The highest BCUT2D eigenvalue weighted by Gasteiger charge is 2.06. The van der Waals surface area contributed by atoms with Gasteiger partial charge in [-0.1, -0.05) is 48.5 Å². The maximum absolute atomic E-state index is 2.30. The zero-order valence-corrected chi connectivity index (χ0v) is 12.4. The molecule has 0 saturated carbocycles. The first kappa shape index (κ1) is 13.2. The first-order valence-corrected chi connectivity index (χ1v) is 7.26. The normalized spacial score (nSPS) is 10.7. The lowest BCUT2D eigenvalue weighted by atomic mass is 10.1. The highest BCUT2D eigenvalue weighted by atomic mass is 32.2. The molecule has 0 atom stereocenters. The topological polar surface area (TPSA) is 0 Å². The van der Waals surface area contributed by atoms with Crippen LogP contribution in [0.5, 0.6) is 0 Å². The molecule has 0 aliphatic carbocycles. The molecule has 0 fully saturated rings. The summed E-state index contributed by atoms with van der Waals surface area (Å²) in [4.78, 5) is 2.73. The number of aryl methyl sites for hydroxylation is 4. The molecule has 0 aromatic heterocycles. The lowest BCUT2D eigenvalue weighted by Gasteiger charge is -2.11. The third-order valence-corrected chi connectivity index (χ3v) is 4.47. The molecule has 0 heterocycles. The second-order valence-corrected chi connectivity index (χ2v) is 5.91. The summed E-state index contributed by atoms with van der Waals surface area (Å²) in [6.07, 6.45) is 1.10. The van der Waals surface area contributed by atoms with Crippen molar-refractivity contribution >= 4 is 11.8 Å². The molecule has 0 amide bonds. The second kappa shape index (κ2) is 5.62. The van der Waals surface area contributed by atoms with Crippen LogP contribution < -0.4 is 0 Å². The molecule has 0 aliphatic heterocycles. The third-order valence-electron chi connectivity index (χ3n) is 3.13. The van der Waals surface area contributed by atoms with Gasteiger partial charge in [0.15, 0.2) is 0 Å². The van der Waals surface area contributed by atoms with E-state index in [4.69, 9.17) is 0 Å². The van der Waals surface area contributed by atoms with Crippen LogP contribution in [0.15, 0.2) is 46.2 Å². The molecule has 0 bridgehead atoms. The van der Waals surface area contributed by atoms with Gasteiger partial charge in [0.2, 0.25) is 0 Å². The number of rotatable bonds is 3. The van der Waals surface area contributed by atoms with Crippen LogP contribution in [0.2, 0.25) is 0 Å². The van der Waals surface area contributed by atoms with Crippen molar-refractivity contribution in [2.24, 2.45) is 0 Å². The molecule has 18 heavy (non-hydrogen) atoms. The molecular formula is C17H20S. The Bertz CT molecular complexity index is 532. The monoisotopic (exact) mass is 256 g/mol. The highest BCUT2D eigenvalue weighted by molar-refractivity contribution is 7.99. The average molecular weight is 256 g/mol. The average Bonchev–Trinajstić information content (AvgIpc) is 2.34. The number of hydrogen-bond donors (Lipinski definition) is 0. The predicted octanol–water partition coefficient (Wildman–Crippen LogP) is 5.33. The van der Waals surface area contributed by atoms with E-state index in [0.29, 0.717) is 0 Å². The Morgan fingerprint density at radius 1 is 0.944 bits per heavy atom.